The first kappa shape index (κ1) is 16.8. The number of hydrogen-bond donors (Lipinski definition) is 1. The Balaban J connectivity index is 4.35. The van der Waals surface area contributed by atoms with Crippen molar-refractivity contribution >= 4 is 0 Å². The van der Waals surface area contributed by atoms with Crippen LogP contribution in [-0.2, 0) is 14.2 Å². The van der Waals surface area contributed by atoms with E-state index < -0.39 is 0 Å². The van der Waals surface area contributed by atoms with Crippen molar-refractivity contribution in [2.45, 2.75) is 13.0 Å². The molecular weight excluding hydrogens is 220 g/mol. The van der Waals surface area contributed by atoms with Crippen LogP contribution in [0.3, 0.4) is 0 Å². The average molecular weight is 248 g/mol. The Bertz CT molecular complexity index is 162. The summed E-state index contributed by atoms with van der Waals surface area (Å²) >= 11 is 0. The number of nitrogens with zero attached hydrogens (tertiary/aromatic N) is 1. The van der Waals surface area contributed by atoms with Crippen LogP contribution in [0, 0.1) is 5.92 Å². The zero-order chi connectivity index (χ0) is 13.1. The Hall–Kier alpha value is -0.200. The van der Waals surface area contributed by atoms with Crippen LogP contribution in [0.4, 0.5) is 0 Å². The minimum atomic E-state index is 0.306. The second kappa shape index (κ2) is 10.9. The van der Waals surface area contributed by atoms with Gasteiger partial charge in [-0.3, -0.25) is 4.90 Å². The van der Waals surface area contributed by atoms with E-state index in [4.69, 9.17) is 19.9 Å². The molecule has 0 aliphatic carbocycles. The van der Waals surface area contributed by atoms with E-state index in [0.717, 1.165) is 19.7 Å². The van der Waals surface area contributed by atoms with Crippen molar-refractivity contribution in [2.24, 2.45) is 11.7 Å². The van der Waals surface area contributed by atoms with Gasteiger partial charge in [-0.1, -0.05) is 6.92 Å². The molecule has 0 radical (unpaired) electrons. The summed E-state index contributed by atoms with van der Waals surface area (Å²) in [6.07, 6.45) is 0. The van der Waals surface area contributed by atoms with Gasteiger partial charge in [-0.25, -0.2) is 0 Å². The molecule has 104 valence electrons. The van der Waals surface area contributed by atoms with Crippen LogP contribution in [0.2, 0.25) is 0 Å². The van der Waals surface area contributed by atoms with Gasteiger partial charge in [0.05, 0.1) is 19.8 Å². The quantitative estimate of drug-likeness (QED) is 0.566. The first-order chi connectivity index (χ1) is 8.21. The molecule has 0 rings (SSSR count). The van der Waals surface area contributed by atoms with Crippen molar-refractivity contribution in [1.82, 2.24) is 4.90 Å². The third-order valence-electron chi connectivity index (χ3n) is 2.96. The van der Waals surface area contributed by atoms with Gasteiger partial charge in [0.25, 0.3) is 0 Å². The second-order valence-electron chi connectivity index (χ2n) is 4.26. The molecule has 0 saturated heterocycles. The van der Waals surface area contributed by atoms with E-state index in [-0.39, 0.29) is 0 Å². The normalized spacial score (nSPS) is 15.2. The van der Waals surface area contributed by atoms with Crippen LogP contribution < -0.4 is 5.73 Å². The maximum atomic E-state index is 5.87. The second-order valence-corrected chi connectivity index (χ2v) is 4.26. The van der Waals surface area contributed by atoms with Gasteiger partial charge in [0.2, 0.25) is 0 Å². The van der Waals surface area contributed by atoms with E-state index >= 15 is 0 Å². The summed E-state index contributed by atoms with van der Waals surface area (Å²) in [4.78, 5) is 2.32. The van der Waals surface area contributed by atoms with Crippen LogP contribution in [0.15, 0.2) is 0 Å². The van der Waals surface area contributed by atoms with Crippen molar-refractivity contribution in [3.63, 3.8) is 0 Å². The third-order valence-corrected chi connectivity index (χ3v) is 2.96. The first-order valence-corrected chi connectivity index (χ1v) is 6.12. The average Bonchev–Trinajstić information content (AvgIpc) is 2.33. The highest BCUT2D eigenvalue weighted by atomic mass is 16.5. The maximum Gasteiger partial charge on any atom is 0.0589 e. The monoisotopic (exact) mass is 248 g/mol. The zero-order valence-corrected chi connectivity index (χ0v) is 11.6. The summed E-state index contributed by atoms with van der Waals surface area (Å²) < 4.78 is 15.5. The van der Waals surface area contributed by atoms with E-state index in [1.54, 1.807) is 21.3 Å². The predicted octanol–water partition coefficient (Wildman–Crippen LogP) is 0.191. The van der Waals surface area contributed by atoms with E-state index in [1.165, 1.54) is 0 Å². The van der Waals surface area contributed by atoms with Gasteiger partial charge in [-0.05, 0) is 5.92 Å². The first-order valence-electron chi connectivity index (χ1n) is 6.12. The Morgan fingerprint density at radius 3 is 1.88 bits per heavy atom. The van der Waals surface area contributed by atoms with Gasteiger partial charge >= 0.3 is 0 Å². The molecule has 2 unspecified atom stereocenters. The van der Waals surface area contributed by atoms with Crippen molar-refractivity contribution in [3.8, 4) is 0 Å². The number of methoxy groups -OCH3 is 3. The largest absolute Gasteiger partial charge is 0.384 e. The molecule has 0 spiro atoms. The van der Waals surface area contributed by atoms with Crippen LogP contribution in [0.25, 0.3) is 0 Å². The summed E-state index contributed by atoms with van der Waals surface area (Å²) in [5, 5.41) is 0. The minimum absolute atomic E-state index is 0.306. The molecule has 5 heteroatoms. The van der Waals surface area contributed by atoms with Gasteiger partial charge in [0.15, 0.2) is 0 Å². The molecule has 0 aliphatic heterocycles. The molecule has 2 N–H and O–H groups in total. The lowest BCUT2D eigenvalue weighted by Crippen LogP contribution is -2.48. The summed E-state index contributed by atoms with van der Waals surface area (Å²) in [6, 6.07) is 0.306. The van der Waals surface area contributed by atoms with Crippen molar-refractivity contribution in [1.29, 1.82) is 0 Å². The lowest BCUT2D eigenvalue weighted by molar-refractivity contribution is 0.0479. The lowest BCUT2D eigenvalue weighted by Gasteiger charge is -2.34. The molecule has 0 heterocycles. The van der Waals surface area contributed by atoms with Crippen molar-refractivity contribution in [3.05, 3.63) is 0 Å². The van der Waals surface area contributed by atoms with E-state index in [2.05, 4.69) is 11.8 Å². The Kier molecular flexibility index (Phi) is 10.8. The molecule has 0 aliphatic rings. The van der Waals surface area contributed by atoms with Gasteiger partial charge < -0.3 is 19.9 Å². The maximum absolute atomic E-state index is 5.87. The van der Waals surface area contributed by atoms with Gasteiger partial charge in [-0.2, -0.15) is 0 Å². The highest BCUT2D eigenvalue weighted by Gasteiger charge is 2.22. The number of ether oxygens (including phenoxy) is 3. The molecule has 0 bridgehead atoms. The van der Waals surface area contributed by atoms with Crippen LogP contribution in [0.5, 0.6) is 0 Å². The van der Waals surface area contributed by atoms with Gasteiger partial charge in [0, 0.05) is 47.0 Å². The number of nitrogens with two attached hydrogens (primary N) is 1. The molecule has 0 amide bonds. The minimum Gasteiger partial charge on any atom is -0.384 e. The summed E-state index contributed by atoms with van der Waals surface area (Å²) in [5.74, 6) is 0.402. The molecule has 17 heavy (non-hydrogen) atoms. The molecular formula is C12H28N2O3. The zero-order valence-electron chi connectivity index (χ0n) is 11.6. The Labute approximate surface area is 105 Å². The molecule has 5 nitrogen and oxygen atoms in total. The molecule has 0 aromatic rings. The highest BCUT2D eigenvalue weighted by Crippen LogP contribution is 2.10. The smallest absolute Gasteiger partial charge is 0.0589 e. The van der Waals surface area contributed by atoms with E-state index in [1.807, 2.05) is 0 Å². The van der Waals surface area contributed by atoms with Crippen LogP contribution in [-0.4, -0.2) is 71.7 Å². The predicted molar refractivity (Wildman–Crippen MR) is 69.2 cm³/mol. The molecule has 0 saturated carbocycles. The lowest BCUT2D eigenvalue weighted by atomic mass is 10.0. The summed E-state index contributed by atoms with van der Waals surface area (Å²) in [5.41, 5.74) is 5.87. The topological polar surface area (TPSA) is 57.0 Å². The van der Waals surface area contributed by atoms with Gasteiger partial charge in [0.1, 0.15) is 0 Å². The Morgan fingerprint density at radius 1 is 1.00 bits per heavy atom. The van der Waals surface area contributed by atoms with Crippen molar-refractivity contribution in [2.75, 3.05) is 60.8 Å². The fourth-order valence-electron chi connectivity index (χ4n) is 1.98. The van der Waals surface area contributed by atoms with Crippen LogP contribution in [0.1, 0.15) is 6.92 Å². The van der Waals surface area contributed by atoms with E-state index in [0.29, 0.717) is 31.7 Å². The molecule has 2 atom stereocenters. The van der Waals surface area contributed by atoms with Crippen molar-refractivity contribution < 1.29 is 14.2 Å². The van der Waals surface area contributed by atoms with Gasteiger partial charge in [-0.15, -0.1) is 0 Å². The Morgan fingerprint density at radius 2 is 1.53 bits per heavy atom. The summed E-state index contributed by atoms with van der Waals surface area (Å²) in [6.45, 7) is 6.66. The van der Waals surface area contributed by atoms with Crippen LogP contribution >= 0.6 is 0 Å². The number of hydrogen-bond acceptors (Lipinski definition) is 5. The molecule has 0 aromatic heterocycles. The molecule has 0 fully saturated rings. The fraction of sp³-hybridized carbons (Fsp3) is 1.00. The SMILES string of the molecule is COCCN(CCOC)C(CN)C(C)COC. The molecule has 0 aromatic carbocycles. The highest BCUT2D eigenvalue weighted by molar-refractivity contribution is 4.78. The number of rotatable bonds is 11. The fourth-order valence-corrected chi connectivity index (χ4v) is 1.98. The standard InChI is InChI=1S/C12H28N2O3/c1-11(10-17-4)12(9-13)14(5-7-15-2)6-8-16-3/h11-12H,5-10,13H2,1-4H3. The third kappa shape index (κ3) is 6.95. The van der Waals surface area contributed by atoms with E-state index in [9.17, 15) is 0 Å². The summed E-state index contributed by atoms with van der Waals surface area (Å²) in [7, 11) is 5.15.